The van der Waals surface area contributed by atoms with Crippen LogP contribution in [-0.2, 0) is 35.6 Å². The number of aliphatic hydroxyl groups excluding tert-OH is 3. The maximum atomic E-state index is 12.9. The van der Waals surface area contributed by atoms with Gasteiger partial charge in [0.25, 0.3) is 0 Å². The van der Waals surface area contributed by atoms with E-state index in [1.54, 1.807) is 30.3 Å². The van der Waals surface area contributed by atoms with Crippen molar-refractivity contribution in [2.75, 3.05) is 13.1 Å². The van der Waals surface area contributed by atoms with Gasteiger partial charge in [0.1, 0.15) is 24.9 Å². The van der Waals surface area contributed by atoms with Crippen molar-refractivity contribution in [2.45, 2.75) is 68.9 Å². The van der Waals surface area contributed by atoms with Crippen LogP contribution in [0.5, 0.6) is 0 Å². The number of hydrogen-bond donors (Lipinski definition) is 3. The van der Waals surface area contributed by atoms with Crippen LogP contribution in [0.15, 0.2) is 59.5 Å². The molecule has 208 valence electrons. The van der Waals surface area contributed by atoms with Gasteiger partial charge in [-0.15, -0.1) is 0 Å². The first-order valence-corrected chi connectivity index (χ1v) is 13.8. The Morgan fingerprint density at radius 1 is 0.895 bits per heavy atom. The number of carbonyl (C=O) groups excluding carboxylic acids is 2. The second-order valence-electron chi connectivity index (χ2n) is 8.82. The fraction of sp³-hybridized carbons (Fsp3) is 0.462. The molecule has 2 aromatic carbocycles. The molecule has 0 bridgehead atoms. The molecule has 3 N–H and O–H groups in total. The predicted molar refractivity (Wildman–Crippen MR) is 134 cm³/mol. The zero-order valence-corrected chi connectivity index (χ0v) is 22.0. The lowest BCUT2D eigenvalue weighted by atomic mass is 9.99. The van der Waals surface area contributed by atoms with E-state index < -0.39 is 52.7 Å². The number of esters is 2. The Kier molecular flexibility index (Phi) is 10.4. The quantitative estimate of drug-likeness (QED) is 0.346. The lowest BCUT2D eigenvalue weighted by Gasteiger charge is -2.38. The van der Waals surface area contributed by atoms with Crippen molar-refractivity contribution in [3.63, 3.8) is 0 Å². The SMILES string of the molecule is CCCN(CCC)S(=O)(=O)c1ccc(C(=O)O[C@@H]2O[C@H](C(=O)OCc3ccccc3)[C@@H](O)[C@H](O)[C@@H]2O)cc1. The van der Waals surface area contributed by atoms with Crippen molar-refractivity contribution >= 4 is 22.0 Å². The Morgan fingerprint density at radius 3 is 2.08 bits per heavy atom. The minimum absolute atomic E-state index is 0.00433. The number of sulfonamides is 1. The van der Waals surface area contributed by atoms with Crippen molar-refractivity contribution in [1.29, 1.82) is 0 Å². The van der Waals surface area contributed by atoms with Crippen LogP contribution >= 0.6 is 0 Å². The molecule has 0 saturated carbocycles. The van der Waals surface area contributed by atoms with Gasteiger partial charge >= 0.3 is 11.9 Å². The fourth-order valence-electron chi connectivity index (χ4n) is 3.89. The van der Waals surface area contributed by atoms with E-state index in [-0.39, 0.29) is 17.1 Å². The van der Waals surface area contributed by atoms with Crippen LogP contribution in [0.3, 0.4) is 0 Å². The highest BCUT2D eigenvalue weighted by atomic mass is 32.2. The largest absolute Gasteiger partial charge is 0.459 e. The molecule has 0 radical (unpaired) electrons. The molecule has 5 atom stereocenters. The van der Waals surface area contributed by atoms with Gasteiger partial charge in [-0.1, -0.05) is 44.2 Å². The number of ether oxygens (including phenoxy) is 3. The third-order valence-corrected chi connectivity index (χ3v) is 7.84. The molecule has 0 amide bonds. The Balaban J connectivity index is 1.68. The van der Waals surface area contributed by atoms with Gasteiger partial charge in [0.2, 0.25) is 16.3 Å². The molecule has 0 spiro atoms. The van der Waals surface area contributed by atoms with Gasteiger partial charge in [-0.05, 0) is 42.7 Å². The van der Waals surface area contributed by atoms with Gasteiger partial charge in [0.15, 0.2) is 6.10 Å². The first-order valence-electron chi connectivity index (χ1n) is 12.3. The third-order valence-electron chi connectivity index (χ3n) is 5.92. The van der Waals surface area contributed by atoms with Crippen LogP contribution in [0.1, 0.15) is 42.6 Å². The average Bonchev–Trinajstić information content (AvgIpc) is 2.92. The second kappa shape index (κ2) is 13.3. The van der Waals surface area contributed by atoms with Crippen LogP contribution in [0.25, 0.3) is 0 Å². The highest BCUT2D eigenvalue weighted by molar-refractivity contribution is 7.89. The molecule has 1 heterocycles. The minimum Gasteiger partial charge on any atom is -0.459 e. The molecule has 1 fully saturated rings. The zero-order valence-electron chi connectivity index (χ0n) is 21.2. The summed E-state index contributed by atoms with van der Waals surface area (Å²) in [6.45, 7) is 4.35. The molecule has 12 heteroatoms. The second-order valence-corrected chi connectivity index (χ2v) is 10.8. The third kappa shape index (κ3) is 6.95. The predicted octanol–water partition coefficient (Wildman–Crippen LogP) is 1.21. The molecular weight excluding hydrogens is 518 g/mol. The van der Waals surface area contributed by atoms with E-state index in [1.165, 1.54) is 28.6 Å². The minimum atomic E-state index is -3.76. The van der Waals surface area contributed by atoms with Crippen LogP contribution in [-0.4, -0.2) is 83.8 Å². The summed E-state index contributed by atoms with van der Waals surface area (Å²) in [4.78, 5) is 25.2. The summed E-state index contributed by atoms with van der Waals surface area (Å²) < 4.78 is 42.8. The summed E-state index contributed by atoms with van der Waals surface area (Å²) >= 11 is 0. The molecule has 0 unspecified atom stereocenters. The van der Waals surface area contributed by atoms with E-state index in [2.05, 4.69) is 0 Å². The normalized spacial score (nSPS) is 23.7. The topological polar surface area (TPSA) is 160 Å². The summed E-state index contributed by atoms with van der Waals surface area (Å²) in [5, 5.41) is 30.7. The highest BCUT2D eigenvalue weighted by Crippen LogP contribution is 2.25. The maximum absolute atomic E-state index is 12.9. The summed E-state index contributed by atoms with van der Waals surface area (Å²) in [6, 6.07) is 13.8. The van der Waals surface area contributed by atoms with E-state index >= 15 is 0 Å². The first-order chi connectivity index (χ1) is 18.1. The summed E-state index contributed by atoms with van der Waals surface area (Å²) in [5.41, 5.74) is 0.619. The van der Waals surface area contributed by atoms with E-state index in [9.17, 15) is 33.3 Å². The van der Waals surface area contributed by atoms with Gasteiger partial charge in [-0.25, -0.2) is 18.0 Å². The molecule has 11 nitrogen and oxygen atoms in total. The Bertz CT molecular complexity index is 1170. The molecule has 3 rings (SSSR count). The van der Waals surface area contributed by atoms with Crippen molar-refractivity contribution in [3.8, 4) is 0 Å². The summed E-state index contributed by atoms with van der Waals surface area (Å²) in [5.74, 6) is -2.02. The lowest BCUT2D eigenvalue weighted by molar-refractivity contribution is -0.280. The van der Waals surface area contributed by atoms with Gasteiger partial charge in [-0.3, -0.25) is 0 Å². The van der Waals surface area contributed by atoms with E-state index in [4.69, 9.17) is 14.2 Å². The number of nitrogens with zero attached hydrogens (tertiary/aromatic N) is 1. The van der Waals surface area contributed by atoms with E-state index in [0.717, 1.165) is 0 Å². The smallest absolute Gasteiger partial charge is 0.340 e. The van der Waals surface area contributed by atoms with Crippen molar-refractivity contribution in [2.24, 2.45) is 0 Å². The number of rotatable bonds is 11. The lowest BCUT2D eigenvalue weighted by Crippen LogP contribution is -2.60. The van der Waals surface area contributed by atoms with E-state index in [1.807, 2.05) is 13.8 Å². The molecule has 1 aliphatic heterocycles. The van der Waals surface area contributed by atoms with Crippen LogP contribution < -0.4 is 0 Å². The number of hydrogen-bond acceptors (Lipinski definition) is 10. The fourth-order valence-corrected chi connectivity index (χ4v) is 5.51. The molecule has 2 aromatic rings. The van der Waals surface area contributed by atoms with Crippen LogP contribution in [0.4, 0.5) is 0 Å². The molecule has 1 aliphatic rings. The first kappa shape index (κ1) is 29.7. The van der Waals surface area contributed by atoms with E-state index in [0.29, 0.717) is 31.5 Å². The van der Waals surface area contributed by atoms with Crippen LogP contribution in [0.2, 0.25) is 0 Å². The Labute approximate surface area is 221 Å². The van der Waals surface area contributed by atoms with Crippen molar-refractivity contribution < 1.29 is 47.5 Å². The number of carbonyl (C=O) groups is 2. The Hall–Kier alpha value is -2.87. The monoisotopic (exact) mass is 551 g/mol. The van der Waals surface area contributed by atoms with Crippen LogP contribution in [0, 0.1) is 0 Å². The average molecular weight is 552 g/mol. The van der Waals surface area contributed by atoms with Gasteiger partial charge in [-0.2, -0.15) is 4.31 Å². The zero-order chi connectivity index (χ0) is 27.9. The van der Waals surface area contributed by atoms with Crippen molar-refractivity contribution in [1.82, 2.24) is 4.31 Å². The summed E-state index contributed by atoms with van der Waals surface area (Å²) in [6.07, 6.45) is -7.80. The molecule has 0 aromatic heterocycles. The summed E-state index contributed by atoms with van der Waals surface area (Å²) in [7, 11) is -3.76. The molecule has 1 saturated heterocycles. The van der Waals surface area contributed by atoms with Gasteiger partial charge in [0.05, 0.1) is 10.5 Å². The molecule has 38 heavy (non-hydrogen) atoms. The maximum Gasteiger partial charge on any atom is 0.340 e. The molecular formula is C26H33NO10S. The Morgan fingerprint density at radius 2 is 1.50 bits per heavy atom. The molecule has 0 aliphatic carbocycles. The number of benzene rings is 2. The standard InChI is InChI=1S/C26H33NO10S/c1-3-14-27(15-4-2)38(33,34)19-12-10-18(11-13-19)24(31)37-26-22(30)20(28)21(29)23(36-26)25(32)35-16-17-8-6-5-7-9-17/h5-13,20-23,26,28-30H,3-4,14-16H2,1-2H3/t20-,21-,22-,23-,26-/m0/s1. The number of aliphatic hydroxyl groups is 3. The van der Waals surface area contributed by atoms with Gasteiger partial charge in [0, 0.05) is 13.1 Å². The highest BCUT2D eigenvalue weighted by Gasteiger charge is 2.49. The van der Waals surface area contributed by atoms with Crippen molar-refractivity contribution in [3.05, 3.63) is 65.7 Å². The van der Waals surface area contributed by atoms with Gasteiger partial charge < -0.3 is 29.5 Å².